The number of aliphatic carboxylic acids is 1. The van der Waals surface area contributed by atoms with Crippen LogP contribution in [-0.2, 0) is 9.59 Å². The van der Waals surface area contributed by atoms with Gasteiger partial charge in [0, 0.05) is 19.7 Å². The summed E-state index contributed by atoms with van der Waals surface area (Å²) in [7, 11) is 1.32. The highest BCUT2D eigenvalue weighted by molar-refractivity contribution is 8.13. The van der Waals surface area contributed by atoms with E-state index < -0.39 is 23.2 Å². The fourth-order valence-electron chi connectivity index (χ4n) is 0.458. The molecule has 3 N–H and O–H groups in total. The summed E-state index contributed by atoms with van der Waals surface area (Å²) in [6, 6.07) is -1.09. The van der Waals surface area contributed by atoms with Crippen LogP contribution in [0.3, 0.4) is 0 Å². The first kappa shape index (κ1) is 12.9. The number of rotatable bonds is 3. The second-order valence-electron chi connectivity index (χ2n) is 2.60. The van der Waals surface area contributed by atoms with Gasteiger partial charge in [-0.3, -0.25) is 19.3 Å². The molecular weight excluding hydrogens is 208 g/mol. The zero-order chi connectivity index (χ0) is 11.3. The van der Waals surface area contributed by atoms with Gasteiger partial charge in [0.05, 0.1) is 0 Å². The molecule has 80 valence electrons. The molecule has 2 amide bonds. The van der Waals surface area contributed by atoms with E-state index >= 15 is 0 Å². The highest BCUT2D eigenvalue weighted by Crippen LogP contribution is 2.08. The molecule has 0 unspecified atom stereocenters. The Balaban J connectivity index is 3.97. The summed E-state index contributed by atoms with van der Waals surface area (Å²) >= 11 is 0.710. The zero-order valence-electron chi connectivity index (χ0n) is 7.89. The summed E-state index contributed by atoms with van der Waals surface area (Å²) in [5.41, 5.74) is 5.16. The minimum Gasteiger partial charge on any atom is -0.480 e. The second kappa shape index (κ2) is 5.61. The van der Waals surface area contributed by atoms with Crippen LogP contribution in [0.2, 0.25) is 0 Å². The topological polar surface area (TPSA) is 101 Å². The molecule has 7 heteroatoms. The van der Waals surface area contributed by atoms with E-state index in [0.29, 0.717) is 11.8 Å². The first-order valence-corrected chi connectivity index (χ1v) is 4.74. The first-order chi connectivity index (χ1) is 6.36. The fourth-order valence-corrected chi connectivity index (χ4v) is 1.24. The average molecular weight is 220 g/mol. The van der Waals surface area contributed by atoms with Crippen molar-refractivity contribution in [1.82, 2.24) is 4.90 Å². The van der Waals surface area contributed by atoms with Crippen molar-refractivity contribution in [2.24, 2.45) is 5.73 Å². The fraction of sp³-hybridized carbons (Fsp3) is 0.571. The molecular formula is C7H12N2O4S. The van der Waals surface area contributed by atoms with Gasteiger partial charge in [-0.2, -0.15) is 0 Å². The highest BCUT2D eigenvalue weighted by Gasteiger charge is 2.17. The molecule has 0 fully saturated rings. The van der Waals surface area contributed by atoms with E-state index in [1.165, 1.54) is 14.0 Å². The summed E-state index contributed by atoms with van der Waals surface area (Å²) in [5, 5.41) is 7.91. The van der Waals surface area contributed by atoms with Crippen LogP contribution < -0.4 is 5.73 Å². The Morgan fingerprint density at radius 1 is 1.50 bits per heavy atom. The van der Waals surface area contributed by atoms with Crippen LogP contribution in [-0.4, -0.2) is 46.0 Å². The minimum atomic E-state index is -1.17. The van der Waals surface area contributed by atoms with Crippen molar-refractivity contribution in [1.29, 1.82) is 0 Å². The van der Waals surface area contributed by atoms with Gasteiger partial charge in [0.1, 0.15) is 6.04 Å². The average Bonchev–Trinajstić information content (AvgIpc) is 2.11. The van der Waals surface area contributed by atoms with Gasteiger partial charge in [0.2, 0.25) is 5.91 Å². The van der Waals surface area contributed by atoms with Crippen LogP contribution in [0.4, 0.5) is 4.79 Å². The summed E-state index contributed by atoms with van der Waals surface area (Å²) in [5.74, 6) is -1.62. The Labute approximate surface area is 85.4 Å². The molecule has 0 saturated carbocycles. The number of carbonyl (C=O) groups is 3. The van der Waals surface area contributed by atoms with Crippen molar-refractivity contribution in [2.45, 2.75) is 13.0 Å². The molecule has 0 aromatic heterocycles. The second-order valence-corrected chi connectivity index (χ2v) is 3.57. The van der Waals surface area contributed by atoms with Crippen LogP contribution in [0.15, 0.2) is 0 Å². The SMILES string of the molecule is CC(=O)N(C)C(=O)SC[C@H](N)C(=O)O. The number of amides is 2. The van der Waals surface area contributed by atoms with Crippen molar-refractivity contribution in [3.8, 4) is 0 Å². The number of hydrogen-bond acceptors (Lipinski definition) is 5. The van der Waals surface area contributed by atoms with E-state index in [9.17, 15) is 14.4 Å². The number of imide groups is 1. The van der Waals surface area contributed by atoms with Crippen molar-refractivity contribution >= 4 is 28.9 Å². The van der Waals surface area contributed by atoms with Crippen LogP contribution in [0.5, 0.6) is 0 Å². The van der Waals surface area contributed by atoms with Gasteiger partial charge >= 0.3 is 5.97 Å². The standard InChI is InChI=1S/C7H12N2O4S/c1-4(10)9(2)7(13)14-3-5(8)6(11)12/h5H,3,8H2,1-2H3,(H,11,12)/t5-/m0/s1. The van der Waals surface area contributed by atoms with Gasteiger partial charge in [-0.25, -0.2) is 0 Å². The summed E-state index contributed by atoms with van der Waals surface area (Å²) in [6.07, 6.45) is 0. The third-order valence-corrected chi connectivity index (χ3v) is 2.50. The number of carboxylic acid groups (broad SMARTS) is 1. The van der Waals surface area contributed by atoms with Crippen molar-refractivity contribution in [3.05, 3.63) is 0 Å². The third-order valence-electron chi connectivity index (χ3n) is 1.45. The molecule has 0 aromatic carbocycles. The summed E-state index contributed by atoms with van der Waals surface area (Å²) in [4.78, 5) is 33.0. The number of nitrogens with two attached hydrogens (primary N) is 1. The lowest BCUT2D eigenvalue weighted by Gasteiger charge is -2.12. The molecule has 0 aromatic rings. The van der Waals surface area contributed by atoms with E-state index in [0.717, 1.165) is 4.90 Å². The number of carbonyl (C=O) groups excluding carboxylic acids is 2. The first-order valence-electron chi connectivity index (χ1n) is 3.75. The van der Waals surface area contributed by atoms with Gasteiger partial charge in [0.15, 0.2) is 0 Å². The van der Waals surface area contributed by atoms with Crippen LogP contribution in [0, 0.1) is 0 Å². The minimum absolute atomic E-state index is 0.0498. The highest BCUT2D eigenvalue weighted by atomic mass is 32.2. The predicted molar refractivity (Wildman–Crippen MR) is 51.9 cm³/mol. The predicted octanol–water partition coefficient (Wildman–Crippen LogP) is -0.270. The molecule has 6 nitrogen and oxygen atoms in total. The Kier molecular flexibility index (Phi) is 5.18. The van der Waals surface area contributed by atoms with Crippen LogP contribution in [0.1, 0.15) is 6.92 Å². The van der Waals surface area contributed by atoms with Gasteiger partial charge in [-0.15, -0.1) is 0 Å². The van der Waals surface area contributed by atoms with Crippen molar-refractivity contribution in [3.63, 3.8) is 0 Å². The lowest BCUT2D eigenvalue weighted by molar-refractivity contribution is -0.137. The zero-order valence-corrected chi connectivity index (χ0v) is 8.71. The van der Waals surface area contributed by atoms with E-state index in [2.05, 4.69) is 0 Å². The maximum Gasteiger partial charge on any atom is 0.321 e. The normalized spacial score (nSPS) is 11.9. The lowest BCUT2D eigenvalue weighted by Crippen LogP contribution is -2.35. The maximum absolute atomic E-state index is 11.1. The van der Waals surface area contributed by atoms with Crippen LogP contribution in [0.25, 0.3) is 0 Å². The molecule has 0 spiro atoms. The molecule has 0 saturated heterocycles. The number of carboxylic acids is 1. The number of thioether (sulfide) groups is 1. The van der Waals surface area contributed by atoms with E-state index in [1.807, 2.05) is 0 Å². The molecule has 0 aliphatic carbocycles. The van der Waals surface area contributed by atoms with Gasteiger partial charge in [-0.05, 0) is 0 Å². The Morgan fingerprint density at radius 2 is 2.00 bits per heavy atom. The van der Waals surface area contributed by atoms with E-state index in [-0.39, 0.29) is 5.75 Å². The monoisotopic (exact) mass is 220 g/mol. The molecule has 0 bridgehead atoms. The Hall–Kier alpha value is -1.08. The smallest absolute Gasteiger partial charge is 0.321 e. The van der Waals surface area contributed by atoms with Gasteiger partial charge < -0.3 is 10.8 Å². The van der Waals surface area contributed by atoms with Gasteiger partial charge in [0.25, 0.3) is 5.24 Å². The van der Waals surface area contributed by atoms with Gasteiger partial charge in [-0.1, -0.05) is 11.8 Å². The molecule has 14 heavy (non-hydrogen) atoms. The summed E-state index contributed by atoms with van der Waals surface area (Å²) in [6.45, 7) is 1.25. The molecule has 0 aliphatic rings. The molecule has 0 radical (unpaired) electrons. The van der Waals surface area contributed by atoms with Crippen molar-refractivity contribution in [2.75, 3.05) is 12.8 Å². The third kappa shape index (κ3) is 4.24. The maximum atomic E-state index is 11.1. The van der Waals surface area contributed by atoms with E-state index in [1.54, 1.807) is 0 Å². The Morgan fingerprint density at radius 3 is 2.36 bits per heavy atom. The summed E-state index contributed by atoms with van der Waals surface area (Å²) < 4.78 is 0. The van der Waals surface area contributed by atoms with Crippen molar-refractivity contribution < 1.29 is 19.5 Å². The molecule has 0 heterocycles. The quantitative estimate of drug-likeness (QED) is 0.679. The number of hydrogen-bond donors (Lipinski definition) is 2. The Bertz CT molecular complexity index is 256. The molecule has 0 rings (SSSR count). The lowest BCUT2D eigenvalue weighted by atomic mass is 10.4. The van der Waals surface area contributed by atoms with E-state index in [4.69, 9.17) is 10.8 Å². The van der Waals surface area contributed by atoms with Crippen LogP contribution >= 0.6 is 11.8 Å². The number of nitrogens with zero attached hydrogens (tertiary/aromatic N) is 1. The molecule has 1 atom stereocenters. The largest absolute Gasteiger partial charge is 0.480 e. The molecule has 0 aliphatic heterocycles.